The van der Waals surface area contributed by atoms with Crippen LogP contribution in [0.5, 0.6) is 0 Å². The van der Waals surface area contributed by atoms with Crippen molar-refractivity contribution in [2.24, 2.45) is 0 Å². The average Bonchev–Trinajstić information content (AvgIpc) is 2.46. The maximum atomic E-state index is 5.73. The molecular formula is C17H29N3O. The Hall–Kier alpha value is -1.13. The minimum Gasteiger partial charge on any atom is -0.377 e. The fourth-order valence-electron chi connectivity index (χ4n) is 2.90. The lowest BCUT2D eigenvalue weighted by atomic mass is 9.94. The van der Waals surface area contributed by atoms with Crippen molar-refractivity contribution in [1.29, 1.82) is 0 Å². The summed E-state index contributed by atoms with van der Waals surface area (Å²) in [6.07, 6.45) is 4.31. The normalized spacial score (nSPS) is 22.9. The van der Waals surface area contributed by atoms with Crippen LogP contribution in [-0.4, -0.2) is 36.8 Å². The summed E-state index contributed by atoms with van der Waals surface area (Å²) in [7, 11) is 1.82. The molecule has 4 heteroatoms. The molecule has 0 bridgehead atoms. The third kappa shape index (κ3) is 4.17. The highest BCUT2D eigenvalue weighted by atomic mass is 16.5. The van der Waals surface area contributed by atoms with Crippen molar-refractivity contribution in [1.82, 2.24) is 10.3 Å². The molecule has 1 atom stereocenters. The molecule has 2 heterocycles. The molecule has 1 aliphatic heterocycles. The molecule has 1 aliphatic rings. The van der Waals surface area contributed by atoms with Crippen LogP contribution >= 0.6 is 0 Å². The van der Waals surface area contributed by atoms with E-state index in [1.165, 1.54) is 17.7 Å². The summed E-state index contributed by atoms with van der Waals surface area (Å²) in [5.41, 5.74) is 3.61. The lowest BCUT2D eigenvalue weighted by molar-refractivity contribution is -0.00469. The lowest BCUT2D eigenvalue weighted by Gasteiger charge is -2.41. The quantitative estimate of drug-likeness (QED) is 0.905. The molecular weight excluding hydrogens is 262 g/mol. The number of hydrogen-bond donors (Lipinski definition) is 1. The zero-order chi connectivity index (χ0) is 15.5. The van der Waals surface area contributed by atoms with E-state index in [-0.39, 0.29) is 5.60 Å². The van der Waals surface area contributed by atoms with Gasteiger partial charge in [0, 0.05) is 55.9 Å². The summed E-state index contributed by atoms with van der Waals surface area (Å²) >= 11 is 0. The molecule has 0 radical (unpaired) electrons. The van der Waals surface area contributed by atoms with E-state index in [4.69, 9.17) is 4.74 Å². The summed E-state index contributed by atoms with van der Waals surface area (Å²) in [4.78, 5) is 6.93. The maximum Gasteiger partial charge on any atom is 0.0825 e. The smallest absolute Gasteiger partial charge is 0.0825 e. The largest absolute Gasteiger partial charge is 0.377 e. The number of hydrogen-bond acceptors (Lipinski definition) is 4. The average molecular weight is 291 g/mol. The number of ether oxygens (including phenoxy) is 1. The van der Waals surface area contributed by atoms with E-state index >= 15 is 0 Å². The summed E-state index contributed by atoms with van der Waals surface area (Å²) < 4.78 is 5.73. The fraction of sp³-hybridized carbons (Fsp3) is 0.706. The second-order valence-electron chi connectivity index (χ2n) is 6.67. The molecule has 2 rings (SSSR count). The highest BCUT2D eigenvalue weighted by Gasteiger charge is 2.31. The third-order valence-corrected chi connectivity index (χ3v) is 4.29. The second-order valence-corrected chi connectivity index (χ2v) is 6.67. The van der Waals surface area contributed by atoms with Gasteiger partial charge >= 0.3 is 0 Å². The van der Waals surface area contributed by atoms with Gasteiger partial charge in [-0.3, -0.25) is 4.98 Å². The van der Waals surface area contributed by atoms with Crippen LogP contribution in [-0.2, 0) is 11.3 Å². The van der Waals surface area contributed by atoms with Crippen LogP contribution in [0.25, 0.3) is 0 Å². The minimum absolute atomic E-state index is 0.0435. The van der Waals surface area contributed by atoms with Crippen LogP contribution in [0.4, 0.5) is 5.69 Å². The second kappa shape index (κ2) is 6.75. The number of aryl methyl sites for hydroxylation is 1. The predicted molar refractivity (Wildman–Crippen MR) is 87.8 cm³/mol. The number of nitrogens with zero attached hydrogens (tertiary/aromatic N) is 2. The first-order chi connectivity index (χ1) is 9.93. The number of nitrogens with one attached hydrogen (secondary N) is 1. The number of pyridine rings is 1. The summed E-state index contributed by atoms with van der Waals surface area (Å²) in [6.45, 7) is 11.5. The highest BCUT2D eigenvalue weighted by Crippen LogP contribution is 2.30. The summed E-state index contributed by atoms with van der Waals surface area (Å²) in [6, 6.07) is 2.68. The van der Waals surface area contributed by atoms with Gasteiger partial charge in [0.2, 0.25) is 0 Å². The van der Waals surface area contributed by atoms with Crippen molar-refractivity contribution >= 4 is 5.69 Å². The minimum atomic E-state index is -0.0435. The molecule has 1 N–H and O–H groups in total. The number of rotatable bonds is 5. The van der Waals surface area contributed by atoms with Gasteiger partial charge in [-0.2, -0.15) is 0 Å². The molecule has 0 spiro atoms. The molecule has 1 aromatic rings. The predicted octanol–water partition coefficient (Wildman–Crippen LogP) is 2.89. The SMILES string of the molecule is COC1(C)CCCN(c2cc(C)ncc2CNC(C)C)C1. The van der Waals surface area contributed by atoms with Gasteiger partial charge in [-0.1, -0.05) is 13.8 Å². The Morgan fingerprint density at radius 3 is 2.90 bits per heavy atom. The maximum absolute atomic E-state index is 5.73. The Morgan fingerprint density at radius 1 is 1.48 bits per heavy atom. The third-order valence-electron chi connectivity index (χ3n) is 4.29. The van der Waals surface area contributed by atoms with Crippen molar-refractivity contribution in [3.8, 4) is 0 Å². The van der Waals surface area contributed by atoms with Gasteiger partial charge in [0.05, 0.1) is 5.60 Å². The highest BCUT2D eigenvalue weighted by molar-refractivity contribution is 5.54. The van der Waals surface area contributed by atoms with Crippen molar-refractivity contribution in [3.63, 3.8) is 0 Å². The van der Waals surface area contributed by atoms with Crippen LogP contribution in [0, 0.1) is 6.92 Å². The first-order valence-electron chi connectivity index (χ1n) is 7.92. The standard InChI is InChI=1S/C17H29N3O/c1-13(2)18-10-15-11-19-14(3)9-16(15)20-8-6-7-17(4,12-20)21-5/h9,11,13,18H,6-8,10,12H2,1-5H3. The Balaban J connectivity index is 2.22. The van der Waals surface area contributed by atoms with E-state index in [2.05, 4.69) is 49.0 Å². The van der Waals surface area contributed by atoms with Gasteiger partial charge in [-0.05, 0) is 32.8 Å². The molecule has 1 saturated heterocycles. The van der Waals surface area contributed by atoms with Crippen LogP contribution in [0.2, 0.25) is 0 Å². The number of aromatic nitrogens is 1. The molecule has 0 saturated carbocycles. The zero-order valence-corrected chi connectivity index (χ0v) is 14.1. The van der Waals surface area contributed by atoms with E-state index < -0.39 is 0 Å². The molecule has 1 aromatic heterocycles. The Morgan fingerprint density at radius 2 is 2.24 bits per heavy atom. The molecule has 0 aliphatic carbocycles. The van der Waals surface area contributed by atoms with Gasteiger partial charge in [-0.15, -0.1) is 0 Å². The summed E-state index contributed by atoms with van der Waals surface area (Å²) in [5.74, 6) is 0. The van der Waals surface area contributed by atoms with E-state index in [1.54, 1.807) is 0 Å². The molecule has 4 nitrogen and oxygen atoms in total. The molecule has 1 unspecified atom stereocenters. The monoisotopic (exact) mass is 291 g/mol. The first-order valence-corrected chi connectivity index (χ1v) is 7.92. The van der Waals surface area contributed by atoms with Gasteiger partial charge < -0.3 is 15.0 Å². The van der Waals surface area contributed by atoms with E-state index in [0.717, 1.165) is 31.7 Å². The van der Waals surface area contributed by atoms with Gasteiger partial charge in [0.25, 0.3) is 0 Å². The van der Waals surface area contributed by atoms with Crippen LogP contribution in [0.1, 0.15) is 44.9 Å². The molecule has 118 valence electrons. The van der Waals surface area contributed by atoms with Crippen molar-refractivity contribution in [2.75, 3.05) is 25.1 Å². The molecule has 0 amide bonds. The lowest BCUT2D eigenvalue weighted by Crippen LogP contribution is -2.47. The fourth-order valence-corrected chi connectivity index (χ4v) is 2.90. The van der Waals surface area contributed by atoms with Crippen LogP contribution < -0.4 is 10.2 Å². The molecule has 0 aromatic carbocycles. The summed E-state index contributed by atoms with van der Waals surface area (Å²) in [5, 5.41) is 3.50. The zero-order valence-electron chi connectivity index (χ0n) is 14.1. The number of anilines is 1. The Labute approximate surface area is 128 Å². The number of piperidine rings is 1. The van der Waals surface area contributed by atoms with Crippen molar-refractivity contribution in [2.45, 2.75) is 58.7 Å². The number of methoxy groups -OCH3 is 1. The van der Waals surface area contributed by atoms with Crippen LogP contribution in [0.15, 0.2) is 12.3 Å². The van der Waals surface area contributed by atoms with Gasteiger partial charge in [0.1, 0.15) is 0 Å². The van der Waals surface area contributed by atoms with Gasteiger partial charge in [0.15, 0.2) is 0 Å². The van der Waals surface area contributed by atoms with Gasteiger partial charge in [-0.25, -0.2) is 0 Å². The molecule has 21 heavy (non-hydrogen) atoms. The Kier molecular flexibility index (Phi) is 5.22. The topological polar surface area (TPSA) is 37.4 Å². The van der Waals surface area contributed by atoms with Crippen molar-refractivity contribution in [3.05, 3.63) is 23.5 Å². The van der Waals surface area contributed by atoms with Crippen LogP contribution in [0.3, 0.4) is 0 Å². The first kappa shape index (κ1) is 16.2. The Bertz CT molecular complexity index is 475. The van der Waals surface area contributed by atoms with E-state index in [0.29, 0.717) is 6.04 Å². The van der Waals surface area contributed by atoms with Crippen molar-refractivity contribution < 1.29 is 4.74 Å². The van der Waals surface area contributed by atoms with E-state index in [9.17, 15) is 0 Å². The van der Waals surface area contributed by atoms with E-state index in [1.807, 2.05) is 13.3 Å². The molecule has 1 fully saturated rings.